The monoisotopic (exact) mass is 223 g/mol. The van der Waals surface area contributed by atoms with Gasteiger partial charge in [-0.3, -0.25) is 0 Å². The summed E-state index contributed by atoms with van der Waals surface area (Å²) >= 11 is 0. The Kier molecular flexibility index (Phi) is 3.62. The first-order valence-corrected chi connectivity index (χ1v) is 5.78. The van der Waals surface area contributed by atoms with Crippen molar-refractivity contribution < 1.29 is 14.3 Å². The molecule has 0 bridgehead atoms. The number of aromatic carboxylic acids is 1. The molecule has 1 fully saturated rings. The van der Waals surface area contributed by atoms with Crippen LogP contribution in [0.5, 0.6) is 0 Å². The largest absolute Gasteiger partial charge is 0.475 e. The number of furan rings is 1. The SMILES string of the molecule is O=C(O)c1ccc(CNCCCC2CC2)o1. The van der Waals surface area contributed by atoms with Gasteiger partial charge in [-0.25, -0.2) is 4.79 Å². The summed E-state index contributed by atoms with van der Waals surface area (Å²) in [6.45, 7) is 1.58. The Morgan fingerprint density at radius 1 is 1.50 bits per heavy atom. The van der Waals surface area contributed by atoms with Gasteiger partial charge in [-0.1, -0.05) is 12.8 Å². The van der Waals surface area contributed by atoms with E-state index in [1.807, 2.05) is 0 Å². The van der Waals surface area contributed by atoms with Crippen LogP contribution < -0.4 is 5.32 Å². The van der Waals surface area contributed by atoms with Crippen molar-refractivity contribution in [1.82, 2.24) is 5.32 Å². The number of rotatable bonds is 7. The topological polar surface area (TPSA) is 62.5 Å². The van der Waals surface area contributed by atoms with Crippen LogP contribution in [0.2, 0.25) is 0 Å². The molecule has 0 radical (unpaired) electrons. The van der Waals surface area contributed by atoms with E-state index in [2.05, 4.69) is 5.32 Å². The second-order valence-corrected chi connectivity index (χ2v) is 4.33. The number of carboxylic acid groups (broad SMARTS) is 1. The lowest BCUT2D eigenvalue weighted by molar-refractivity contribution is 0.0660. The Morgan fingerprint density at radius 2 is 2.31 bits per heavy atom. The van der Waals surface area contributed by atoms with Crippen LogP contribution in [0.3, 0.4) is 0 Å². The molecular formula is C12H17NO3. The van der Waals surface area contributed by atoms with E-state index in [0.29, 0.717) is 12.3 Å². The average Bonchev–Trinajstić information content (AvgIpc) is 2.94. The lowest BCUT2D eigenvalue weighted by Gasteiger charge is -2.01. The fourth-order valence-corrected chi connectivity index (χ4v) is 1.72. The third kappa shape index (κ3) is 3.38. The van der Waals surface area contributed by atoms with Crippen molar-refractivity contribution in [2.45, 2.75) is 32.2 Å². The van der Waals surface area contributed by atoms with Crippen LogP contribution in [0.15, 0.2) is 16.5 Å². The van der Waals surface area contributed by atoms with Crippen molar-refractivity contribution in [2.75, 3.05) is 6.54 Å². The first-order valence-electron chi connectivity index (χ1n) is 5.78. The molecule has 0 saturated heterocycles. The van der Waals surface area contributed by atoms with Gasteiger partial charge in [0.15, 0.2) is 0 Å². The maximum Gasteiger partial charge on any atom is 0.371 e. The highest BCUT2D eigenvalue weighted by molar-refractivity contribution is 5.84. The molecular weight excluding hydrogens is 206 g/mol. The van der Waals surface area contributed by atoms with E-state index in [1.54, 1.807) is 6.07 Å². The van der Waals surface area contributed by atoms with E-state index < -0.39 is 5.97 Å². The van der Waals surface area contributed by atoms with E-state index in [1.165, 1.54) is 31.7 Å². The summed E-state index contributed by atoms with van der Waals surface area (Å²) in [5, 5.41) is 11.9. The highest BCUT2D eigenvalue weighted by atomic mass is 16.4. The fraction of sp³-hybridized carbons (Fsp3) is 0.583. The number of carboxylic acids is 1. The summed E-state index contributed by atoms with van der Waals surface area (Å²) in [4.78, 5) is 10.6. The molecule has 0 unspecified atom stereocenters. The molecule has 1 aliphatic rings. The van der Waals surface area contributed by atoms with Crippen molar-refractivity contribution >= 4 is 5.97 Å². The minimum Gasteiger partial charge on any atom is -0.475 e. The number of hydrogen-bond donors (Lipinski definition) is 2. The van der Waals surface area contributed by atoms with Gasteiger partial charge in [0, 0.05) is 0 Å². The molecule has 1 heterocycles. The maximum atomic E-state index is 10.6. The summed E-state index contributed by atoms with van der Waals surface area (Å²) in [6.07, 6.45) is 5.31. The summed E-state index contributed by atoms with van der Waals surface area (Å²) < 4.78 is 5.12. The van der Waals surface area contributed by atoms with E-state index in [4.69, 9.17) is 9.52 Å². The molecule has 1 aliphatic carbocycles. The maximum absolute atomic E-state index is 10.6. The molecule has 2 rings (SSSR count). The first kappa shape index (κ1) is 11.2. The van der Waals surface area contributed by atoms with Crippen molar-refractivity contribution in [2.24, 2.45) is 5.92 Å². The average molecular weight is 223 g/mol. The zero-order valence-corrected chi connectivity index (χ0v) is 9.24. The Bertz CT molecular complexity index is 355. The van der Waals surface area contributed by atoms with Gasteiger partial charge in [0.1, 0.15) is 5.76 Å². The summed E-state index contributed by atoms with van der Waals surface area (Å²) in [7, 11) is 0. The van der Waals surface area contributed by atoms with Crippen LogP contribution in [0.25, 0.3) is 0 Å². The van der Waals surface area contributed by atoms with Crippen LogP contribution in [-0.4, -0.2) is 17.6 Å². The predicted octanol–water partition coefficient (Wildman–Crippen LogP) is 2.26. The third-order valence-electron chi connectivity index (χ3n) is 2.83. The number of carbonyl (C=O) groups is 1. The molecule has 1 aromatic rings. The molecule has 2 N–H and O–H groups in total. The molecule has 0 amide bonds. The molecule has 0 spiro atoms. The fourth-order valence-electron chi connectivity index (χ4n) is 1.72. The molecule has 16 heavy (non-hydrogen) atoms. The van der Waals surface area contributed by atoms with Gasteiger partial charge in [0.05, 0.1) is 6.54 Å². The summed E-state index contributed by atoms with van der Waals surface area (Å²) in [6, 6.07) is 3.20. The van der Waals surface area contributed by atoms with Crippen LogP contribution in [0.4, 0.5) is 0 Å². The third-order valence-corrected chi connectivity index (χ3v) is 2.83. The van der Waals surface area contributed by atoms with Crippen LogP contribution >= 0.6 is 0 Å². The lowest BCUT2D eigenvalue weighted by Crippen LogP contribution is -2.14. The van der Waals surface area contributed by atoms with E-state index >= 15 is 0 Å². The Morgan fingerprint density at radius 3 is 2.94 bits per heavy atom. The van der Waals surface area contributed by atoms with Gasteiger partial charge < -0.3 is 14.8 Å². The molecule has 4 nitrogen and oxygen atoms in total. The standard InChI is InChI=1S/C12H17NO3/c14-12(15)11-6-5-10(16-11)8-13-7-1-2-9-3-4-9/h5-6,9,13H,1-4,7-8H2,(H,14,15). The quantitative estimate of drug-likeness (QED) is 0.696. The van der Waals surface area contributed by atoms with E-state index in [9.17, 15) is 4.79 Å². The van der Waals surface area contributed by atoms with Crippen molar-refractivity contribution in [3.8, 4) is 0 Å². The zero-order valence-electron chi connectivity index (χ0n) is 9.24. The van der Waals surface area contributed by atoms with E-state index in [0.717, 1.165) is 12.5 Å². The number of hydrogen-bond acceptors (Lipinski definition) is 3. The predicted molar refractivity (Wildman–Crippen MR) is 59.3 cm³/mol. The molecule has 0 aromatic carbocycles. The molecule has 0 atom stereocenters. The molecule has 0 aliphatic heterocycles. The lowest BCUT2D eigenvalue weighted by atomic mass is 10.2. The number of nitrogens with one attached hydrogen (secondary N) is 1. The molecule has 1 saturated carbocycles. The Balaban J connectivity index is 1.62. The second-order valence-electron chi connectivity index (χ2n) is 4.33. The summed E-state index contributed by atoms with van der Waals surface area (Å²) in [5.41, 5.74) is 0. The van der Waals surface area contributed by atoms with Crippen molar-refractivity contribution in [3.63, 3.8) is 0 Å². The van der Waals surface area contributed by atoms with Crippen molar-refractivity contribution in [1.29, 1.82) is 0 Å². The Labute approximate surface area is 94.6 Å². The van der Waals surface area contributed by atoms with Gasteiger partial charge in [-0.05, 0) is 37.4 Å². The van der Waals surface area contributed by atoms with Gasteiger partial charge in [0.25, 0.3) is 0 Å². The van der Waals surface area contributed by atoms with Crippen molar-refractivity contribution in [3.05, 3.63) is 23.7 Å². The minimum absolute atomic E-state index is 0.00906. The zero-order chi connectivity index (χ0) is 11.4. The first-order chi connectivity index (χ1) is 7.75. The highest BCUT2D eigenvalue weighted by Crippen LogP contribution is 2.33. The normalized spacial score (nSPS) is 15.2. The second kappa shape index (κ2) is 5.16. The summed E-state index contributed by atoms with van der Waals surface area (Å²) in [5.74, 6) is 0.655. The highest BCUT2D eigenvalue weighted by Gasteiger charge is 2.19. The minimum atomic E-state index is -1.01. The van der Waals surface area contributed by atoms with Gasteiger partial charge in [0.2, 0.25) is 5.76 Å². The van der Waals surface area contributed by atoms with Crippen LogP contribution in [0.1, 0.15) is 42.0 Å². The smallest absolute Gasteiger partial charge is 0.371 e. The van der Waals surface area contributed by atoms with Gasteiger partial charge >= 0.3 is 5.97 Å². The van der Waals surface area contributed by atoms with Gasteiger partial charge in [-0.15, -0.1) is 0 Å². The van der Waals surface area contributed by atoms with Gasteiger partial charge in [-0.2, -0.15) is 0 Å². The molecule has 4 heteroatoms. The molecule has 1 aromatic heterocycles. The Hall–Kier alpha value is -1.29. The van der Waals surface area contributed by atoms with Crippen LogP contribution in [-0.2, 0) is 6.54 Å². The molecule has 88 valence electrons. The van der Waals surface area contributed by atoms with E-state index in [-0.39, 0.29) is 5.76 Å². The van der Waals surface area contributed by atoms with Crippen LogP contribution in [0, 0.1) is 5.92 Å².